The first-order chi connectivity index (χ1) is 11.1. The summed E-state index contributed by atoms with van der Waals surface area (Å²) < 4.78 is 5.75. The molecular weight excluding hydrogens is 358 g/mol. The average Bonchev–Trinajstić information content (AvgIpc) is 3.17. The van der Waals surface area contributed by atoms with Gasteiger partial charge in [0.15, 0.2) is 0 Å². The number of nitrogens with one attached hydrogen (secondary N) is 1. The van der Waals surface area contributed by atoms with Crippen LogP contribution in [0.15, 0.2) is 28.7 Å². The molecule has 124 valence electrons. The molecule has 1 amide bonds. The highest BCUT2D eigenvalue weighted by Crippen LogP contribution is 2.48. The van der Waals surface area contributed by atoms with Crippen molar-refractivity contribution in [3.8, 4) is 0 Å². The zero-order valence-corrected chi connectivity index (χ0v) is 14.8. The van der Waals surface area contributed by atoms with Gasteiger partial charge in [-0.3, -0.25) is 9.59 Å². The highest BCUT2D eigenvalue weighted by molar-refractivity contribution is 9.10. The van der Waals surface area contributed by atoms with E-state index >= 15 is 0 Å². The second-order valence-corrected chi connectivity index (χ2v) is 7.59. The maximum Gasteiger partial charge on any atom is 0.307 e. The zero-order valence-electron chi connectivity index (χ0n) is 13.3. The lowest BCUT2D eigenvalue weighted by molar-refractivity contribution is -0.141. The van der Waals surface area contributed by atoms with E-state index in [1.165, 1.54) is 26.4 Å². The number of rotatable bonds is 5. The molecule has 23 heavy (non-hydrogen) atoms. The Morgan fingerprint density at radius 3 is 2.57 bits per heavy atom. The molecule has 4 unspecified atom stereocenters. The molecule has 4 atom stereocenters. The lowest BCUT2D eigenvalue weighted by Crippen LogP contribution is -2.37. The van der Waals surface area contributed by atoms with Gasteiger partial charge in [-0.15, -0.1) is 0 Å². The van der Waals surface area contributed by atoms with Crippen molar-refractivity contribution in [3.05, 3.63) is 34.3 Å². The van der Waals surface area contributed by atoms with Crippen LogP contribution in [0.5, 0.6) is 0 Å². The minimum absolute atomic E-state index is 0.0917. The lowest BCUT2D eigenvalue weighted by Gasteiger charge is -2.25. The molecule has 2 saturated carbocycles. The second kappa shape index (κ2) is 7.04. The molecule has 0 aliphatic heterocycles. The number of fused-ring (bicyclic) bond motifs is 2. The molecule has 0 spiro atoms. The molecule has 4 nitrogen and oxygen atoms in total. The van der Waals surface area contributed by atoms with Gasteiger partial charge in [0.05, 0.1) is 19.6 Å². The van der Waals surface area contributed by atoms with Gasteiger partial charge in [0.2, 0.25) is 5.91 Å². The van der Waals surface area contributed by atoms with Gasteiger partial charge in [0.1, 0.15) is 0 Å². The third-order valence-electron chi connectivity index (χ3n) is 5.26. The van der Waals surface area contributed by atoms with Crippen molar-refractivity contribution in [2.24, 2.45) is 17.8 Å². The Labute approximate surface area is 145 Å². The minimum Gasteiger partial charge on any atom is -0.469 e. The van der Waals surface area contributed by atoms with Crippen LogP contribution in [0, 0.1) is 17.8 Å². The molecule has 0 radical (unpaired) electrons. The van der Waals surface area contributed by atoms with E-state index in [9.17, 15) is 9.59 Å². The van der Waals surface area contributed by atoms with Gasteiger partial charge in [-0.05, 0) is 48.8 Å². The maximum atomic E-state index is 12.7. The standard InChI is InChI=1S/C18H22BrNO3/c1-23-17(21)10-16(12-4-6-14(19)7-5-12)20-18(22)15-9-11-2-3-13(15)8-11/h4-7,11,13,15-16H,2-3,8-10H2,1H3,(H,20,22). The maximum absolute atomic E-state index is 12.7. The van der Waals surface area contributed by atoms with Gasteiger partial charge in [-0.25, -0.2) is 0 Å². The summed E-state index contributed by atoms with van der Waals surface area (Å²) in [5, 5.41) is 3.09. The molecule has 5 heteroatoms. The summed E-state index contributed by atoms with van der Waals surface area (Å²) in [7, 11) is 1.37. The van der Waals surface area contributed by atoms with Crippen LogP contribution in [-0.4, -0.2) is 19.0 Å². The number of carbonyl (C=O) groups excluding carboxylic acids is 2. The van der Waals surface area contributed by atoms with Crippen molar-refractivity contribution >= 4 is 27.8 Å². The van der Waals surface area contributed by atoms with E-state index in [-0.39, 0.29) is 30.3 Å². The Kier molecular flexibility index (Phi) is 5.05. The fourth-order valence-corrected chi connectivity index (χ4v) is 4.31. The molecule has 3 rings (SSSR count). The minimum atomic E-state index is -0.331. The number of benzene rings is 1. The molecular formula is C18H22BrNO3. The quantitative estimate of drug-likeness (QED) is 0.795. The number of carbonyl (C=O) groups is 2. The first kappa shape index (κ1) is 16.5. The number of amides is 1. The number of esters is 1. The van der Waals surface area contributed by atoms with Crippen molar-refractivity contribution in [3.63, 3.8) is 0 Å². The second-order valence-electron chi connectivity index (χ2n) is 6.67. The highest BCUT2D eigenvalue weighted by Gasteiger charge is 2.43. The average molecular weight is 380 g/mol. The molecule has 0 aromatic heterocycles. The first-order valence-corrected chi connectivity index (χ1v) is 8.98. The van der Waals surface area contributed by atoms with E-state index in [1.54, 1.807) is 0 Å². The van der Waals surface area contributed by atoms with E-state index in [1.807, 2.05) is 24.3 Å². The topological polar surface area (TPSA) is 55.4 Å². The third kappa shape index (κ3) is 3.77. The molecule has 2 aliphatic carbocycles. The van der Waals surface area contributed by atoms with Gasteiger partial charge in [-0.2, -0.15) is 0 Å². The first-order valence-electron chi connectivity index (χ1n) is 8.19. The smallest absolute Gasteiger partial charge is 0.307 e. The molecule has 2 aliphatic rings. The van der Waals surface area contributed by atoms with Crippen LogP contribution in [0.2, 0.25) is 0 Å². The number of halogens is 1. The van der Waals surface area contributed by atoms with Crippen LogP contribution in [0.25, 0.3) is 0 Å². The molecule has 1 aromatic rings. The molecule has 1 N–H and O–H groups in total. The Balaban J connectivity index is 1.71. The molecule has 0 saturated heterocycles. The largest absolute Gasteiger partial charge is 0.469 e. The molecule has 0 heterocycles. The Morgan fingerprint density at radius 2 is 2.00 bits per heavy atom. The van der Waals surface area contributed by atoms with Crippen molar-refractivity contribution in [1.82, 2.24) is 5.32 Å². The van der Waals surface area contributed by atoms with Crippen LogP contribution in [0.3, 0.4) is 0 Å². The fourth-order valence-electron chi connectivity index (χ4n) is 4.04. The molecule has 2 fully saturated rings. The zero-order chi connectivity index (χ0) is 16.4. The van der Waals surface area contributed by atoms with Crippen molar-refractivity contribution in [2.45, 2.75) is 38.1 Å². The normalized spacial score (nSPS) is 26.8. The predicted molar refractivity (Wildman–Crippen MR) is 90.6 cm³/mol. The van der Waals surface area contributed by atoms with Crippen molar-refractivity contribution < 1.29 is 14.3 Å². The number of methoxy groups -OCH3 is 1. The van der Waals surface area contributed by atoms with E-state index in [2.05, 4.69) is 21.2 Å². The van der Waals surface area contributed by atoms with E-state index in [0.717, 1.165) is 22.4 Å². The molecule has 1 aromatic carbocycles. The van der Waals surface area contributed by atoms with E-state index in [0.29, 0.717) is 5.92 Å². The lowest BCUT2D eigenvalue weighted by atomic mass is 9.87. The Morgan fingerprint density at radius 1 is 1.26 bits per heavy atom. The predicted octanol–water partition coefficient (Wildman–Crippen LogP) is 3.61. The van der Waals surface area contributed by atoms with Gasteiger partial charge in [0.25, 0.3) is 0 Å². The Hall–Kier alpha value is -1.36. The summed E-state index contributed by atoms with van der Waals surface area (Å²) in [5.74, 6) is 1.15. The number of hydrogen-bond donors (Lipinski definition) is 1. The van der Waals surface area contributed by atoms with Crippen LogP contribution in [-0.2, 0) is 14.3 Å². The van der Waals surface area contributed by atoms with Crippen LogP contribution >= 0.6 is 15.9 Å². The summed E-state index contributed by atoms with van der Waals surface area (Å²) in [6.45, 7) is 0. The van der Waals surface area contributed by atoms with Crippen molar-refractivity contribution in [1.29, 1.82) is 0 Å². The fraction of sp³-hybridized carbons (Fsp3) is 0.556. The van der Waals surface area contributed by atoms with Gasteiger partial charge in [0, 0.05) is 10.4 Å². The van der Waals surface area contributed by atoms with Gasteiger partial charge in [-0.1, -0.05) is 34.5 Å². The summed E-state index contributed by atoms with van der Waals surface area (Å²) >= 11 is 3.41. The summed E-state index contributed by atoms with van der Waals surface area (Å²) in [6.07, 6.45) is 4.79. The van der Waals surface area contributed by atoms with E-state index < -0.39 is 0 Å². The molecule has 2 bridgehead atoms. The number of hydrogen-bond acceptors (Lipinski definition) is 3. The summed E-state index contributed by atoms with van der Waals surface area (Å²) in [6, 6.07) is 7.37. The van der Waals surface area contributed by atoms with Crippen LogP contribution in [0.1, 0.15) is 43.7 Å². The van der Waals surface area contributed by atoms with Gasteiger partial charge >= 0.3 is 5.97 Å². The van der Waals surface area contributed by atoms with E-state index in [4.69, 9.17) is 4.74 Å². The monoisotopic (exact) mass is 379 g/mol. The van der Waals surface area contributed by atoms with Crippen LogP contribution in [0.4, 0.5) is 0 Å². The number of ether oxygens (including phenoxy) is 1. The SMILES string of the molecule is COC(=O)CC(NC(=O)C1CC2CCC1C2)c1ccc(Br)cc1. The summed E-state index contributed by atoms with van der Waals surface area (Å²) in [5.41, 5.74) is 0.926. The van der Waals surface area contributed by atoms with Gasteiger partial charge < -0.3 is 10.1 Å². The van der Waals surface area contributed by atoms with Crippen LogP contribution < -0.4 is 5.32 Å². The Bertz CT molecular complexity index is 586. The highest BCUT2D eigenvalue weighted by atomic mass is 79.9. The third-order valence-corrected chi connectivity index (χ3v) is 5.79. The van der Waals surface area contributed by atoms with Crippen molar-refractivity contribution in [2.75, 3.05) is 7.11 Å². The summed E-state index contributed by atoms with van der Waals surface area (Å²) in [4.78, 5) is 24.4.